The van der Waals surface area contributed by atoms with E-state index in [4.69, 9.17) is 4.98 Å². The minimum absolute atomic E-state index is 0.851. The zero-order valence-corrected chi connectivity index (χ0v) is 11.9. The summed E-state index contributed by atoms with van der Waals surface area (Å²) in [4.78, 5) is 7.13. The quantitative estimate of drug-likeness (QED) is 0.867. The lowest BCUT2D eigenvalue weighted by Crippen LogP contribution is -2.21. The van der Waals surface area contributed by atoms with Crippen LogP contribution >= 0.6 is 0 Å². The van der Waals surface area contributed by atoms with Gasteiger partial charge in [0.2, 0.25) is 0 Å². The summed E-state index contributed by atoms with van der Waals surface area (Å²) in [6.07, 6.45) is 2.60. The molecule has 1 saturated heterocycles. The Labute approximate surface area is 111 Å². The summed E-state index contributed by atoms with van der Waals surface area (Å²) in [7, 11) is 0. The largest absolute Gasteiger partial charge is 0.356 e. The van der Waals surface area contributed by atoms with E-state index in [9.17, 15) is 0 Å². The lowest BCUT2D eigenvalue weighted by molar-refractivity contribution is 0.568. The molecule has 1 aliphatic rings. The van der Waals surface area contributed by atoms with E-state index in [-0.39, 0.29) is 0 Å². The van der Waals surface area contributed by atoms with Crippen molar-refractivity contribution in [1.82, 2.24) is 10.3 Å². The Kier molecular flexibility index (Phi) is 4.59. The summed E-state index contributed by atoms with van der Waals surface area (Å²) in [6, 6.07) is 4.42. The highest BCUT2D eigenvalue weighted by atomic mass is 15.2. The Morgan fingerprint density at radius 3 is 2.89 bits per heavy atom. The van der Waals surface area contributed by atoms with Crippen LogP contribution in [0.25, 0.3) is 0 Å². The number of hydrogen-bond donors (Lipinski definition) is 1. The van der Waals surface area contributed by atoms with E-state index in [1.807, 2.05) is 0 Å². The molecule has 0 aliphatic carbocycles. The molecule has 1 unspecified atom stereocenters. The molecule has 0 radical (unpaired) electrons. The van der Waals surface area contributed by atoms with Crippen LogP contribution in [-0.2, 0) is 6.54 Å². The van der Waals surface area contributed by atoms with Gasteiger partial charge in [0.05, 0.1) is 0 Å². The maximum Gasteiger partial charge on any atom is 0.129 e. The summed E-state index contributed by atoms with van der Waals surface area (Å²) in [5.74, 6) is 2.02. The first-order valence-electron chi connectivity index (χ1n) is 7.16. The SMILES string of the molecule is CCNCc1cc(C)nc(N2CCC(CC)C2)c1. The molecule has 1 fully saturated rings. The van der Waals surface area contributed by atoms with Crippen LogP contribution in [0.1, 0.15) is 37.9 Å². The molecule has 100 valence electrons. The van der Waals surface area contributed by atoms with Crippen LogP contribution in [0, 0.1) is 12.8 Å². The van der Waals surface area contributed by atoms with Gasteiger partial charge in [0, 0.05) is 25.3 Å². The van der Waals surface area contributed by atoms with Crippen molar-refractivity contribution in [2.24, 2.45) is 5.92 Å². The Morgan fingerprint density at radius 1 is 1.39 bits per heavy atom. The average Bonchev–Trinajstić information content (AvgIpc) is 2.84. The molecule has 0 spiro atoms. The van der Waals surface area contributed by atoms with Crippen molar-refractivity contribution in [1.29, 1.82) is 0 Å². The molecule has 0 saturated carbocycles. The van der Waals surface area contributed by atoms with Gasteiger partial charge in [-0.2, -0.15) is 0 Å². The van der Waals surface area contributed by atoms with Gasteiger partial charge in [0.25, 0.3) is 0 Å². The molecule has 1 atom stereocenters. The number of aromatic nitrogens is 1. The van der Waals surface area contributed by atoms with E-state index in [1.54, 1.807) is 0 Å². The van der Waals surface area contributed by atoms with Crippen LogP contribution in [0.2, 0.25) is 0 Å². The monoisotopic (exact) mass is 247 g/mol. The Morgan fingerprint density at radius 2 is 2.22 bits per heavy atom. The predicted octanol–water partition coefficient (Wildman–Crippen LogP) is 2.74. The van der Waals surface area contributed by atoms with Crippen LogP contribution in [-0.4, -0.2) is 24.6 Å². The van der Waals surface area contributed by atoms with Crippen LogP contribution < -0.4 is 10.2 Å². The highest BCUT2D eigenvalue weighted by Gasteiger charge is 2.22. The van der Waals surface area contributed by atoms with Crippen molar-refractivity contribution in [2.75, 3.05) is 24.5 Å². The molecule has 2 rings (SSSR count). The molecule has 1 N–H and O–H groups in total. The van der Waals surface area contributed by atoms with Gasteiger partial charge in [-0.25, -0.2) is 4.98 Å². The molecular formula is C15H25N3. The molecule has 0 aromatic carbocycles. The summed E-state index contributed by atoms with van der Waals surface area (Å²) in [6.45, 7) is 10.8. The molecule has 1 aliphatic heterocycles. The minimum Gasteiger partial charge on any atom is -0.356 e. The Balaban J connectivity index is 2.10. The number of aryl methyl sites for hydroxylation is 1. The van der Waals surface area contributed by atoms with E-state index in [0.717, 1.165) is 31.2 Å². The van der Waals surface area contributed by atoms with Gasteiger partial charge in [0.15, 0.2) is 0 Å². The van der Waals surface area contributed by atoms with Crippen LogP contribution in [0.5, 0.6) is 0 Å². The molecular weight excluding hydrogens is 222 g/mol. The molecule has 3 heteroatoms. The first-order chi connectivity index (χ1) is 8.72. The summed E-state index contributed by atoms with van der Waals surface area (Å²) in [5, 5.41) is 3.38. The molecule has 2 heterocycles. The van der Waals surface area contributed by atoms with Gasteiger partial charge in [-0.3, -0.25) is 0 Å². The maximum absolute atomic E-state index is 4.69. The van der Waals surface area contributed by atoms with E-state index in [1.165, 1.54) is 30.8 Å². The first-order valence-corrected chi connectivity index (χ1v) is 7.16. The third-order valence-electron chi connectivity index (χ3n) is 3.77. The summed E-state index contributed by atoms with van der Waals surface area (Å²) in [5.41, 5.74) is 2.47. The van der Waals surface area contributed by atoms with Gasteiger partial charge in [-0.1, -0.05) is 20.3 Å². The second kappa shape index (κ2) is 6.19. The lowest BCUT2D eigenvalue weighted by Gasteiger charge is -2.19. The highest BCUT2D eigenvalue weighted by Crippen LogP contribution is 2.25. The van der Waals surface area contributed by atoms with Gasteiger partial charge in [-0.15, -0.1) is 0 Å². The molecule has 3 nitrogen and oxygen atoms in total. The van der Waals surface area contributed by atoms with E-state index in [2.05, 4.69) is 43.1 Å². The fourth-order valence-electron chi connectivity index (χ4n) is 2.63. The van der Waals surface area contributed by atoms with Gasteiger partial charge in [0.1, 0.15) is 5.82 Å². The third-order valence-corrected chi connectivity index (χ3v) is 3.77. The number of hydrogen-bond acceptors (Lipinski definition) is 3. The lowest BCUT2D eigenvalue weighted by atomic mass is 10.1. The standard InChI is InChI=1S/C15H25N3/c1-4-13-6-7-18(11-13)15-9-14(10-16-5-2)8-12(3)17-15/h8-9,13,16H,4-7,10-11H2,1-3H3. The number of anilines is 1. The van der Waals surface area contributed by atoms with Crippen molar-refractivity contribution in [3.05, 3.63) is 23.4 Å². The minimum atomic E-state index is 0.851. The zero-order chi connectivity index (χ0) is 13.0. The molecule has 1 aromatic rings. The second-order valence-electron chi connectivity index (χ2n) is 5.26. The zero-order valence-electron chi connectivity index (χ0n) is 11.9. The van der Waals surface area contributed by atoms with Crippen molar-refractivity contribution >= 4 is 5.82 Å². The van der Waals surface area contributed by atoms with Crippen molar-refractivity contribution < 1.29 is 0 Å². The van der Waals surface area contributed by atoms with E-state index in [0.29, 0.717) is 0 Å². The number of pyridine rings is 1. The second-order valence-corrected chi connectivity index (χ2v) is 5.26. The van der Waals surface area contributed by atoms with Gasteiger partial charge >= 0.3 is 0 Å². The fraction of sp³-hybridized carbons (Fsp3) is 0.667. The first kappa shape index (κ1) is 13.3. The predicted molar refractivity (Wildman–Crippen MR) is 77.0 cm³/mol. The highest BCUT2D eigenvalue weighted by molar-refractivity contribution is 5.43. The van der Waals surface area contributed by atoms with Crippen LogP contribution in [0.15, 0.2) is 12.1 Å². The van der Waals surface area contributed by atoms with E-state index >= 15 is 0 Å². The number of rotatable bonds is 5. The average molecular weight is 247 g/mol. The maximum atomic E-state index is 4.69. The molecule has 18 heavy (non-hydrogen) atoms. The number of nitrogens with zero attached hydrogens (tertiary/aromatic N) is 2. The normalized spacial score (nSPS) is 19.5. The van der Waals surface area contributed by atoms with Crippen LogP contribution in [0.4, 0.5) is 5.82 Å². The van der Waals surface area contributed by atoms with E-state index < -0.39 is 0 Å². The smallest absolute Gasteiger partial charge is 0.129 e. The van der Waals surface area contributed by atoms with Crippen molar-refractivity contribution in [2.45, 2.75) is 40.2 Å². The molecule has 0 bridgehead atoms. The third kappa shape index (κ3) is 3.22. The molecule has 0 amide bonds. The Bertz CT molecular complexity index is 389. The Hall–Kier alpha value is -1.09. The summed E-state index contributed by atoms with van der Waals surface area (Å²) < 4.78 is 0. The number of nitrogens with one attached hydrogen (secondary N) is 1. The fourth-order valence-corrected chi connectivity index (χ4v) is 2.63. The van der Waals surface area contributed by atoms with Crippen molar-refractivity contribution in [3.8, 4) is 0 Å². The van der Waals surface area contributed by atoms with Crippen molar-refractivity contribution in [3.63, 3.8) is 0 Å². The summed E-state index contributed by atoms with van der Waals surface area (Å²) >= 11 is 0. The van der Waals surface area contributed by atoms with Crippen LogP contribution in [0.3, 0.4) is 0 Å². The topological polar surface area (TPSA) is 28.2 Å². The van der Waals surface area contributed by atoms with Gasteiger partial charge in [-0.05, 0) is 43.5 Å². The molecule has 1 aromatic heterocycles. The van der Waals surface area contributed by atoms with Gasteiger partial charge < -0.3 is 10.2 Å².